The van der Waals surface area contributed by atoms with Crippen molar-refractivity contribution >= 4 is 5.69 Å². The van der Waals surface area contributed by atoms with E-state index in [-0.39, 0.29) is 10.6 Å². The van der Waals surface area contributed by atoms with Crippen LogP contribution in [0.15, 0.2) is 24.3 Å². The van der Waals surface area contributed by atoms with E-state index in [0.717, 1.165) is 31.2 Å². The van der Waals surface area contributed by atoms with E-state index in [9.17, 15) is 10.1 Å². The quantitative estimate of drug-likeness (QED) is 0.617. The van der Waals surface area contributed by atoms with Crippen LogP contribution in [0, 0.1) is 10.1 Å². The maximum atomic E-state index is 11.1. The number of hydrogen-bond donors (Lipinski definition) is 2. The normalized spacial score (nSPS) is 26.7. The van der Waals surface area contributed by atoms with Gasteiger partial charge in [-0.1, -0.05) is 12.1 Å². The van der Waals surface area contributed by atoms with Crippen LogP contribution in [-0.4, -0.2) is 37.1 Å². The number of hydrogen-bond acceptors (Lipinski definition) is 2. The Hall–Kier alpha value is -1.46. The molecule has 1 aromatic carbocycles. The monoisotopic (exact) mass is 305 g/mol. The number of nitrogens with zero attached hydrogens (tertiary/aromatic N) is 1. The Morgan fingerprint density at radius 1 is 1.05 bits per heavy atom. The van der Waals surface area contributed by atoms with Crippen molar-refractivity contribution in [2.75, 3.05) is 26.2 Å². The molecular weight excluding hydrogens is 278 g/mol. The summed E-state index contributed by atoms with van der Waals surface area (Å²) < 4.78 is 0. The fourth-order valence-electron chi connectivity index (χ4n) is 4.13. The van der Waals surface area contributed by atoms with Gasteiger partial charge in [-0.2, -0.15) is 0 Å². The zero-order chi connectivity index (χ0) is 15.4. The summed E-state index contributed by atoms with van der Waals surface area (Å²) >= 11 is 0. The molecule has 2 N–H and O–H groups in total. The van der Waals surface area contributed by atoms with Gasteiger partial charge in [-0.3, -0.25) is 10.1 Å². The first-order valence-corrected chi connectivity index (χ1v) is 8.64. The molecule has 2 saturated heterocycles. The van der Waals surface area contributed by atoms with E-state index in [1.165, 1.54) is 50.1 Å². The summed E-state index contributed by atoms with van der Waals surface area (Å²) in [5, 5.41) is 11.1. The Morgan fingerprint density at radius 3 is 2.41 bits per heavy atom. The highest BCUT2D eigenvalue weighted by Crippen LogP contribution is 2.16. The highest BCUT2D eigenvalue weighted by Gasteiger charge is 2.31. The summed E-state index contributed by atoms with van der Waals surface area (Å²) in [7, 11) is 0. The third-order valence-corrected chi connectivity index (χ3v) is 5.39. The van der Waals surface area contributed by atoms with Crippen LogP contribution in [0.1, 0.15) is 37.7 Å². The lowest BCUT2D eigenvalue weighted by molar-refractivity contribution is -0.965. The van der Waals surface area contributed by atoms with Gasteiger partial charge in [-0.05, 0) is 25.3 Å². The molecule has 120 valence electrons. The summed E-state index contributed by atoms with van der Waals surface area (Å²) in [6.45, 7) is 5.80. The van der Waals surface area contributed by atoms with Crippen molar-refractivity contribution in [2.45, 2.75) is 44.7 Å². The summed E-state index contributed by atoms with van der Waals surface area (Å²) in [6.07, 6.45) is 6.72. The minimum absolute atomic E-state index is 0.251. The van der Waals surface area contributed by atoms with Crippen molar-refractivity contribution in [3.8, 4) is 0 Å². The van der Waals surface area contributed by atoms with Crippen LogP contribution >= 0.6 is 0 Å². The Kier molecular flexibility index (Phi) is 5.05. The van der Waals surface area contributed by atoms with Gasteiger partial charge in [0, 0.05) is 18.9 Å². The highest BCUT2D eigenvalue weighted by atomic mass is 16.6. The second-order valence-electron chi connectivity index (χ2n) is 6.81. The van der Waals surface area contributed by atoms with Crippen molar-refractivity contribution in [1.82, 2.24) is 0 Å². The van der Waals surface area contributed by atoms with Crippen molar-refractivity contribution < 1.29 is 14.7 Å². The average molecular weight is 305 g/mol. The van der Waals surface area contributed by atoms with E-state index in [2.05, 4.69) is 0 Å². The number of quaternary nitrogens is 2. The fraction of sp³-hybridized carbons (Fsp3) is 0.647. The van der Waals surface area contributed by atoms with Gasteiger partial charge in [0.15, 0.2) is 0 Å². The molecule has 0 bridgehead atoms. The number of nitro groups is 1. The fourth-order valence-corrected chi connectivity index (χ4v) is 4.13. The van der Waals surface area contributed by atoms with Gasteiger partial charge in [0.1, 0.15) is 6.54 Å². The number of likely N-dealkylation sites (tertiary alicyclic amines) is 2. The molecule has 0 amide bonds. The van der Waals surface area contributed by atoms with Gasteiger partial charge >= 0.3 is 0 Å². The molecule has 0 radical (unpaired) electrons. The second-order valence-corrected chi connectivity index (χ2v) is 6.81. The van der Waals surface area contributed by atoms with E-state index in [4.69, 9.17) is 0 Å². The van der Waals surface area contributed by atoms with E-state index < -0.39 is 0 Å². The van der Waals surface area contributed by atoms with Crippen LogP contribution in [0.5, 0.6) is 0 Å². The molecule has 5 heteroatoms. The second kappa shape index (κ2) is 7.20. The molecular formula is C17H27N3O2+2. The Bertz CT molecular complexity index is 506. The molecule has 1 aromatic rings. The molecule has 22 heavy (non-hydrogen) atoms. The molecule has 2 heterocycles. The topological polar surface area (TPSA) is 52.0 Å². The molecule has 0 saturated carbocycles. The smallest absolute Gasteiger partial charge is 0.278 e. The number of rotatable bonds is 4. The molecule has 0 atom stereocenters. The third kappa shape index (κ3) is 3.65. The zero-order valence-electron chi connectivity index (χ0n) is 13.2. The van der Waals surface area contributed by atoms with Gasteiger partial charge in [0.25, 0.3) is 5.69 Å². The van der Waals surface area contributed by atoms with Gasteiger partial charge in [-0.25, -0.2) is 0 Å². The SMILES string of the molecule is O=[N+]([O-])c1ccccc1C[NH+]1CCC([NH+]2CCCCC2)CC1. The minimum atomic E-state index is -0.251. The highest BCUT2D eigenvalue weighted by molar-refractivity contribution is 5.39. The Balaban J connectivity index is 1.55. The van der Waals surface area contributed by atoms with Crippen molar-refractivity contribution in [2.24, 2.45) is 0 Å². The molecule has 2 aliphatic rings. The van der Waals surface area contributed by atoms with Crippen molar-refractivity contribution in [1.29, 1.82) is 0 Å². The van der Waals surface area contributed by atoms with Crippen molar-refractivity contribution in [3.63, 3.8) is 0 Å². The third-order valence-electron chi connectivity index (χ3n) is 5.39. The first-order chi connectivity index (χ1) is 10.7. The van der Waals surface area contributed by atoms with E-state index in [0.29, 0.717) is 0 Å². The summed E-state index contributed by atoms with van der Waals surface area (Å²) in [4.78, 5) is 14.2. The van der Waals surface area contributed by atoms with Crippen LogP contribution in [0.25, 0.3) is 0 Å². The average Bonchev–Trinajstić information content (AvgIpc) is 2.57. The van der Waals surface area contributed by atoms with Crippen LogP contribution in [0.3, 0.4) is 0 Å². The maximum Gasteiger partial charge on any atom is 0.278 e. The lowest BCUT2D eigenvalue weighted by atomic mass is 9.99. The van der Waals surface area contributed by atoms with E-state index in [1.807, 2.05) is 17.0 Å². The molecule has 2 aliphatic heterocycles. The number of nitrogens with one attached hydrogen (secondary N) is 2. The standard InChI is InChI=1S/C17H25N3O2/c21-20(22)17-7-3-2-6-15(17)14-18-12-8-16(9-13-18)19-10-4-1-5-11-19/h2-3,6-7,16H,1,4-5,8-14H2/p+2. The van der Waals surface area contributed by atoms with Crippen LogP contribution in [0.4, 0.5) is 5.69 Å². The predicted octanol–water partition coefficient (Wildman–Crippen LogP) is 0.211. The lowest BCUT2D eigenvalue weighted by Crippen LogP contribution is -3.20. The van der Waals surface area contributed by atoms with Crippen LogP contribution in [0.2, 0.25) is 0 Å². The van der Waals surface area contributed by atoms with Gasteiger partial charge in [0.05, 0.1) is 42.7 Å². The largest absolute Gasteiger partial charge is 0.332 e. The molecule has 5 nitrogen and oxygen atoms in total. The number of nitro benzene ring substituents is 1. The molecule has 3 rings (SSSR count). The lowest BCUT2D eigenvalue weighted by Gasteiger charge is -2.36. The molecule has 2 fully saturated rings. The summed E-state index contributed by atoms with van der Waals surface area (Å²) in [6, 6.07) is 8.02. The number of para-hydroxylation sites is 1. The van der Waals surface area contributed by atoms with E-state index in [1.54, 1.807) is 12.1 Å². The maximum absolute atomic E-state index is 11.1. The van der Waals surface area contributed by atoms with Gasteiger partial charge in [-0.15, -0.1) is 0 Å². The van der Waals surface area contributed by atoms with Gasteiger partial charge in [0.2, 0.25) is 0 Å². The number of piperidine rings is 2. The van der Waals surface area contributed by atoms with E-state index >= 15 is 0 Å². The molecule has 0 unspecified atom stereocenters. The Morgan fingerprint density at radius 2 is 1.73 bits per heavy atom. The summed E-state index contributed by atoms with van der Waals surface area (Å²) in [5.74, 6) is 0. The molecule has 0 aliphatic carbocycles. The first-order valence-electron chi connectivity index (χ1n) is 8.64. The summed E-state index contributed by atoms with van der Waals surface area (Å²) in [5.41, 5.74) is 1.16. The van der Waals surface area contributed by atoms with Gasteiger partial charge < -0.3 is 9.80 Å². The molecule has 0 spiro atoms. The molecule has 0 aromatic heterocycles. The van der Waals surface area contributed by atoms with Crippen molar-refractivity contribution in [3.05, 3.63) is 39.9 Å². The Labute approximate surface area is 132 Å². The number of benzene rings is 1. The first kappa shape index (κ1) is 15.4. The predicted molar refractivity (Wildman–Crippen MR) is 85.1 cm³/mol. The zero-order valence-corrected chi connectivity index (χ0v) is 13.2. The van der Waals surface area contributed by atoms with Crippen LogP contribution < -0.4 is 9.80 Å². The minimum Gasteiger partial charge on any atom is -0.332 e. The van der Waals surface area contributed by atoms with Crippen LogP contribution in [-0.2, 0) is 6.54 Å².